The molecule has 0 aliphatic heterocycles. The predicted octanol–water partition coefficient (Wildman–Crippen LogP) is 4.04. The Hall–Kier alpha value is -2.94. The number of hydrogen-bond acceptors (Lipinski definition) is 1. The van der Waals surface area contributed by atoms with Gasteiger partial charge >= 0.3 is 0 Å². The number of aryl methyl sites for hydroxylation is 2. The highest BCUT2D eigenvalue weighted by Gasteiger charge is 2.19. The molecule has 0 fully saturated rings. The van der Waals surface area contributed by atoms with Crippen molar-refractivity contribution in [2.24, 2.45) is 14.1 Å². The molecule has 0 spiro atoms. The van der Waals surface area contributed by atoms with Crippen LogP contribution in [0, 0.1) is 6.92 Å². The van der Waals surface area contributed by atoms with Gasteiger partial charge in [-0.2, -0.15) is 0 Å². The van der Waals surface area contributed by atoms with Gasteiger partial charge in [-0.25, -0.2) is 9.55 Å². The van der Waals surface area contributed by atoms with Crippen LogP contribution in [-0.4, -0.2) is 9.55 Å². The quantitative estimate of drug-likeness (QED) is 0.512. The lowest BCUT2D eigenvalue weighted by Gasteiger charge is -2.14. The SMILES string of the molecule is Cc1c(-c2cccc[n+]2C)cc2ccccc2c1-c1nccn1C. The van der Waals surface area contributed by atoms with E-state index in [9.17, 15) is 0 Å². The molecule has 2 heterocycles. The summed E-state index contributed by atoms with van der Waals surface area (Å²) in [5.41, 5.74) is 4.91. The summed E-state index contributed by atoms with van der Waals surface area (Å²) in [5, 5.41) is 2.48. The minimum absolute atomic E-state index is 1.00. The van der Waals surface area contributed by atoms with Gasteiger partial charge < -0.3 is 4.57 Å². The van der Waals surface area contributed by atoms with Gasteiger partial charge in [-0.3, -0.25) is 0 Å². The van der Waals surface area contributed by atoms with E-state index in [1.54, 1.807) is 0 Å². The molecule has 0 saturated carbocycles. The number of rotatable bonds is 2. The Balaban J connectivity index is 2.13. The molecule has 0 radical (unpaired) electrons. The van der Waals surface area contributed by atoms with Crippen LogP contribution in [0.25, 0.3) is 33.4 Å². The number of pyridine rings is 1. The van der Waals surface area contributed by atoms with E-state index in [1.807, 2.05) is 19.4 Å². The fraction of sp³-hybridized carbons (Fsp3) is 0.143. The fourth-order valence-electron chi connectivity index (χ4n) is 3.41. The van der Waals surface area contributed by atoms with Crippen molar-refractivity contribution in [3.63, 3.8) is 0 Å². The first-order chi connectivity index (χ1) is 11.7. The van der Waals surface area contributed by atoms with E-state index < -0.39 is 0 Å². The first-order valence-electron chi connectivity index (χ1n) is 8.12. The Labute approximate surface area is 141 Å². The zero-order valence-corrected chi connectivity index (χ0v) is 14.2. The van der Waals surface area contributed by atoms with Crippen LogP contribution in [0.5, 0.6) is 0 Å². The summed E-state index contributed by atoms with van der Waals surface area (Å²) < 4.78 is 4.25. The molecule has 0 atom stereocenters. The Morgan fingerprint density at radius 1 is 1.04 bits per heavy atom. The lowest BCUT2D eigenvalue weighted by Crippen LogP contribution is -2.30. The molecule has 4 rings (SSSR count). The Morgan fingerprint density at radius 2 is 1.83 bits per heavy atom. The maximum atomic E-state index is 4.61. The van der Waals surface area contributed by atoms with Crippen LogP contribution in [0.2, 0.25) is 0 Å². The highest BCUT2D eigenvalue weighted by atomic mass is 15.0. The number of aromatic nitrogens is 3. The third kappa shape index (κ3) is 2.21. The van der Waals surface area contributed by atoms with Gasteiger partial charge in [-0.15, -0.1) is 0 Å². The van der Waals surface area contributed by atoms with Gasteiger partial charge in [0, 0.05) is 37.1 Å². The third-order valence-electron chi connectivity index (χ3n) is 4.68. The maximum absolute atomic E-state index is 4.61. The molecule has 3 nitrogen and oxygen atoms in total. The van der Waals surface area contributed by atoms with Crippen LogP contribution in [0.4, 0.5) is 0 Å². The van der Waals surface area contributed by atoms with Crippen LogP contribution in [0.15, 0.2) is 67.1 Å². The van der Waals surface area contributed by atoms with Gasteiger partial charge in [0.05, 0.1) is 5.56 Å². The zero-order valence-electron chi connectivity index (χ0n) is 14.2. The zero-order chi connectivity index (χ0) is 16.7. The summed E-state index contributed by atoms with van der Waals surface area (Å²) in [6.07, 6.45) is 5.95. The van der Waals surface area contributed by atoms with Crippen LogP contribution in [0.3, 0.4) is 0 Å². The molecule has 3 heteroatoms. The lowest BCUT2D eigenvalue weighted by atomic mass is 9.92. The molecule has 24 heavy (non-hydrogen) atoms. The van der Waals surface area contributed by atoms with E-state index in [1.165, 1.54) is 33.2 Å². The lowest BCUT2D eigenvalue weighted by molar-refractivity contribution is -0.660. The van der Waals surface area contributed by atoms with E-state index in [2.05, 4.69) is 82.8 Å². The van der Waals surface area contributed by atoms with Gasteiger partial charge in [0.15, 0.2) is 6.20 Å². The summed E-state index contributed by atoms with van der Waals surface area (Å²) in [5.74, 6) is 1.00. The van der Waals surface area contributed by atoms with E-state index in [0.717, 1.165) is 5.82 Å². The van der Waals surface area contributed by atoms with E-state index in [-0.39, 0.29) is 0 Å². The van der Waals surface area contributed by atoms with Crippen molar-refractivity contribution >= 4 is 10.8 Å². The Morgan fingerprint density at radius 3 is 2.58 bits per heavy atom. The first-order valence-corrected chi connectivity index (χ1v) is 8.12. The van der Waals surface area contributed by atoms with Crippen molar-refractivity contribution < 1.29 is 4.57 Å². The van der Waals surface area contributed by atoms with Crippen molar-refractivity contribution in [3.8, 4) is 22.6 Å². The summed E-state index contributed by atoms with van der Waals surface area (Å²) in [7, 11) is 4.14. The highest BCUT2D eigenvalue weighted by molar-refractivity contribution is 6.00. The van der Waals surface area contributed by atoms with Gasteiger partial charge in [0.25, 0.3) is 0 Å². The largest absolute Gasteiger partial charge is 0.334 e. The molecule has 0 saturated heterocycles. The van der Waals surface area contributed by atoms with Gasteiger partial charge in [0.2, 0.25) is 5.69 Å². The second-order valence-corrected chi connectivity index (χ2v) is 6.20. The summed E-state index contributed by atoms with van der Waals surface area (Å²) in [6.45, 7) is 2.19. The number of hydrogen-bond donors (Lipinski definition) is 0. The monoisotopic (exact) mass is 314 g/mol. The standard InChI is InChI=1S/C21H20N3/c1-15-18(19-10-6-7-12-23(19)2)14-16-8-4-5-9-17(16)20(15)21-22-11-13-24(21)3/h4-14H,1-3H3/q+1. The average molecular weight is 314 g/mol. The molecule has 0 bridgehead atoms. The number of benzene rings is 2. The minimum atomic E-state index is 1.00. The molecule has 2 aromatic heterocycles. The maximum Gasteiger partial charge on any atom is 0.212 e. The molecular formula is C21H20N3+. The van der Waals surface area contributed by atoms with Crippen molar-refractivity contribution in [2.45, 2.75) is 6.92 Å². The van der Waals surface area contributed by atoms with E-state index in [0.29, 0.717) is 0 Å². The summed E-state index contributed by atoms with van der Waals surface area (Å²) >= 11 is 0. The molecule has 0 unspecified atom stereocenters. The smallest absolute Gasteiger partial charge is 0.212 e. The predicted molar refractivity (Wildman–Crippen MR) is 97.5 cm³/mol. The van der Waals surface area contributed by atoms with E-state index >= 15 is 0 Å². The second kappa shape index (κ2) is 5.60. The highest BCUT2D eigenvalue weighted by Crippen LogP contribution is 2.36. The normalized spacial score (nSPS) is 11.1. The van der Waals surface area contributed by atoms with Crippen LogP contribution >= 0.6 is 0 Å². The molecule has 2 aromatic carbocycles. The second-order valence-electron chi connectivity index (χ2n) is 6.20. The average Bonchev–Trinajstić information content (AvgIpc) is 3.01. The third-order valence-corrected chi connectivity index (χ3v) is 4.68. The first kappa shape index (κ1) is 14.6. The van der Waals surface area contributed by atoms with Crippen LogP contribution in [0.1, 0.15) is 5.56 Å². The molecule has 118 valence electrons. The molecule has 0 N–H and O–H groups in total. The molecular weight excluding hydrogens is 294 g/mol. The fourth-order valence-corrected chi connectivity index (χ4v) is 3.41. The molecule has 4 aromatic rings. The Bertz CT molecular complexity index is 1040. The molecule has 0 aliphatic rings. The molecule has 0 amide bonds. The Kier molecular flexibility index (Phi) is 3.42. The van der Waals surface area contributed by atoms with Crippen LogP contribution in [-0.2, 0) is 14.1 Å². The van der Waals surface area contributed by atoms with Gasteiger partial charge in [-0.05, 0) is 35.4 Å². The van der Waals surface area contributed by atoms with Crippen molar-refractivity contribution in [1.29, 1.82) is 0 Å². The van der Waals surface area contributed by atoms with Crippen molar-refractivity contribution in [1.82, 2.24) is 9.55 Å². The van der Waals surface area contributed by atoms with E-state index in [4.69, 9.17) is 0 Å². The van der Waals surface area contributed by atoms with Crippen molar-refractivity contribution in [2.75, 3.05) is 0 Å². The number of fused-ring (bicyclic) bond motifs is 1. The summed E-state index contributed by atoms with van der Waals surface area (Å²) in [4.78, 5) is 4.61. The van der Waals surface area contributed by atoms with Gasteiger partial charge in [0.1, 0.15) is 12.9 Å². The summed E-state index contributed by atoms with van der Waals surface area (Å²) in [6, 6.07) is 17.1. The number of imidazole rings is 1. The molecule has 0 aliphatic carbocycles. The number of nitrogens with zero attached hydrogens (tertiary/aromatic N) is 3. The topological polar surface area (TPSA) is 21.7 Å². The van der Waals surface area contributed by atoms with Gasteiger partial charge in [-0.1, -0.05) is 24.3 Å². The minimum Gasteiger partial charge on any atom is -0.334 e. The van der Waals surface area contributed by atoms with Crippen LogP contribution < -0.4 is 4.57 Å². The van der Waals surface area contributed by atoms with Crippen molar-refractivity contribution in [3.05, 3.63) is 72.7 Å².